The normalized spacial score (nSPS) is 12.5. The molecular formula is C14H14N4O2S. The number of likely N-dealkylation sites (N-methyl/N-ethyl adjacent to an activating group) is 1. The van der Waals surface area contributed by atoms with E-state index in [0.717, 1.165) is 33.3 Å². The Morgan fingerprint density at radius 3 is 3.00 bits per heavy atom. The van der Waals surface area contributed by atoms with E-state index in [1.807, 2.05) is 19.1 Å². The Morgan fingerprint density at radius 1 is 1.43 bits per heavy atom. The third kappa shape index (κ3) is 2.69. The Labute approximate surface area is 126 Å². The molecule has 0 aliphatic carbocycles. The van der Waals surface area contributed by atoms with E-state index >= 15 is 0 Å². The van der Waals surface area contributed by atoms with Crippen molar-refractivity contribution in [3.05, 3.63) is 29.6 Å². The fourth-order valence-corrected chi connectivity index (χ4v) is 3.20. The summed E-state index contributed by atoms with van der Waals surface area (Å²) >= 11 is 1.67. The number of aliphatic carboxylic acids is 1. The number of carbonyl (C=O) groups is 1. The molecule has 0 saturated carbocycles. The number of nitrogens with zero attached hydrogens (tertiary/aromatic N) is 4. The molecule has 0 saturated heterocycles. The highest BCUT2D eigenvalue weighted by Crippen LogP contribution is 2.39. The first-order valence-electron chi connectivity index (χ1n) is 6.44. The van der Waals surface area contributed by atoms with Gasteiger partial charge in [-0.05, 0) is 19.1 Å². The summed E-state index contributed by atoms with van der Waals surface area (Å²) in [5.41, 5.74) is 3.85. The van der Waals surface area contributed by atoms with Crippen molar-refractivity contribution in [2.45, 2.75) is 17.7 Å². The molecule has 3 rings (SSSR count). The summed E-state index contributed by atoms with van der Waals surface area (Å²) in [5.74, 6) is 0.281. The highest BCUT2D eigenvalue weighted by molar-refractivity contribution is 7.98. The van der Waals surface area contributed by atoms with Crippen LogP contribution >= 0.6 is 11.8 Å². The lowest BCUT2D eigenvalue weighted by Gasteiger charge is -2.20. The predicted octanol–water partition coefficient (Wildman–Crippen LogP) is 1.97. The van der Waals surface area contributed by atoms with E-state index in [4.69, 9.17) is 5.11 Å². The number of hydrogen-bond donors (Lipinski definition) is 1. The summed E-state index contributed by atoms with van der Waals surface area (Å²) in [6, 6.07) is 3.97. The third-order valence-corrected chi connectivity index (χ3v) is 4.22. The van der Waals surface area contributed by atoms with E-state index in [1.165, 1.54) is 4.90 Å². The van der Waals surface area contributed by atoms with Gasteiger partial charge in [-0.3, -0.25) is 4.79 Å². The molecule has 108 valence electrons. The average molecular weight is 302 g/mol. The SMILES string of the molecule is Cc1ccc2c(n1)SCc1cnc(N(C)CC(=O)O)nc1-2. The molecule has 1 aliphatic rings. The van der Waals surface area contributed by atoms with Crippen molar-refractivity contribution in [1.29, 1.82) is 0 Å². The summed E-state index contributed by atoms with van der Waals surface area (Å²) in [4.78, 5) is 25.6. The lowest BCUT2D eigenvalue weighted by Crippen LogP contribution is -2.27. The Kier molecular flexibility index (Phi) is 3.50. The van der Waals surface area contributed by atoms with E-state index in [1.54, 1.807) is 25.0 Å². The van der Waals surface area contributed by atoms with Crippen molar-refractivity contribution in [3.63, 3.8) is 0 Å². The molecule has 0 unspecified atom stereocenters. The summed E-state index contributed by atoms with van der Waals surface area (Å²) in [6.07, 6.45) is 1.77. The van der Waals surface area contributed by atoms with Crippen LogP contribution in [0.4, 0.5) is 5.95 Å². The molecule has 0 spiro atoms. The topological polar surface area (TPSA) is 79.2 Å². The number of pyridine rings is 1. The molecule has 3 heterocycles. The van der Waals surface area contributed by atoms with Gasteiger partial charge in [0, 0.05) is 35.8 Å². The summed E-state index contributed by atoms with van der Waals surface area (Å²) in [7, 11) is 1.67. The lowest BCUT2D eigenvalue weighted by molar-refractivity contribution is -0.135. The molecular weight excluding hydrogens is 288 g/mol. The van der Waals surface area contributed by atoms with Crippen LogP contribution in [0.2, 0.25) is 0 Å². The smallest absolute Gasteiger partial charge is 0.323 e. The maximum atomic E-state index is 10.8. The summed E-state index contributed by atoms with van der Waals surface area (Å²) in [5, 5.41) is 9.83. The first-order chi connectivity index (χ1) is 10.0. The second-order valence-electron chi connectivity index (χ2n) is 4.89. The van der Waals surface area contributed by atoms with E-state index < -0.39 is 5.97 Å². The van der Waals surface area contributed by atoms with Crippen LogP contribution in [0.3, 0.4) is 0 Å². The van der Waals surface area contributed by atoms with Gasteiger partial charge in [0.15, 0.2) is 0 Å². The van der Waals surface area contributed by atoms with Crippen molar-refractivity contribution < 1.29 is 9.90 Å². The van der Waals surface area contributed by atoms with Crippen LogP contribution in [0.25, 0.3) is 11.3 Å². The average Bonchev–Trinajstić information content (AvgIpc) is 2.45. The van der Waals surface area contributed by atoms with Gasteiger partial charge < -0.3 is 10.0 Å². The maximum Gasteiger partial charge on any atom is 0.323 e. The minimum Gasteiger partial charge on any atom is -0.480 e. The van der Waals surface area contributed by atoms with Crippen LogP contribution in [0.1, 0.15) is 11.3 Å². The Balaban J connectivity index is 2.03. The fourth-order valence-electron chi connectivity index (χ4n) is 2.16. The predicted molar refractivity (Wildman–Crippen MR) is 80.5 cm³/mol. The molecule has 0 bridgehead atoms. The van der Waals surface area contributed by atoms with Gasteiger partial charge in [-0.1, -0.05) is 0 Å². The van der Waals surface area contributed by atoms with Crippen LogP contribution in [-0.2, 0) is 10.5 Å². The highest BCUT2D eigenvalue weighted by Gasteiger charge is 2.21. The Hall–Kier alpha value is -2.15. The van der Waals surface area contributed by atoms with Crippen molar-refractivity contribution in [2.75, 3.05) is 18.5 Å². The number of aryl methyl sites for hydroxylation is 1. The van der Waals surface area contributed by atoms with Crippen LogP contribution in [0.5, 0.6) is 0 Å². The van der Waals surface area contributed by atoms with E-state index in [9.17, 15) is 4.79 Å². The number of fused-ring (bicyclic) bond motifs is 3. The van der Waals surface area contributed by atoms with E-state index in [0.29, 0.717) is 5.95 Å². The molecule has 0 fully saturated rings. The number of thioether (sulfide) groups is 1. The minimum absolute atomic E-state index is 0.132. The number of aromatic nitrogens is 3. The second kappa shape index (κ2) is 5.33. The minimum atomic E-state index is -0.910. The number of rotatable bonds is 3. The maximum absolute atomic E-state index is 10.8. The quantitative estimate of drug-likeness (QED) is 0.928. The molecule has 0 radical (unpaired) electrons. The molecule has 21 heavy (non-hydrogen) atoms. The lowest BCUT2D eigenvalue weighted by atomic mass is 10.1. The Morgan fingerprint density at radius 2 is 2.24 bits per heavy atom. The summed E-state index contributed by atoms with van der Waals surface area (Å²) in [6.45, 7) is 1.83. The van der Waals surface area contributed by atoms with E-state index in [-0.39, 0.29) is 6.54 Å². The molecule has 1 aliphatic heterocycles. The van der Waals surface area contributed by atoms with Gasteiger partial charge >= 0.3 is 5.97 Å². The Bertz CT molecular complexity index is 720. The molecule has 1 N–H and O–H groups in total. The van der Waals surface area contributed by atoms with Gasteiger partial charge in [0.1, 0.15) is 11.6 Å². The zero-order chi connectivity index (χ0) is 15.0. The van der Waals surface area contributed by atoms with Crippen LogP contribution in [0.15, 0.2) is 23.4 Å². The van der Waals surface area contributed by atoms with Crippen molar-refractivity contribution in [2.24, 2.45) is 0 Å². The van der Waals surface area contributed by atoms with Crippen molar-refractivity contribution >= 4 is 23.7 Å². The zero-order valence-electron chi connectivity index (χ0n) is 11.7. The molecule has 6 nitrogen and oxygen atoms in total. The van der Waals surface area contributed by atoms with Crippen LogP contribution < -0.4 is 4.90 Å². The van der Waals surface area contributed by atoms with Gasteiger partial charge in [-0.25, -0.2) is 15.0 Å². The van der Waals surface area contributed by atoms with Crippen molar-refractivity contribution in [3.8, 4) is 11.3 Å². The van der Waals surface area contributed by atoms with Gasteiger partial charge in [-0.2, -0.15) is 0 Å². The molecule has 7 heteroatoms. The van der Waals surface area contributed by atoms with Gasteiger partial charge in [0.25, 0.3) is 0 Å². The second-order valence-corrected chi connectivity index (χ2v) is 5.85. The largest absolute Gasteiger partial charge is 0.480 e. The molecule has 0 amide bonds. The molecule has 2 aromatic rings. The monoisotopic (exact) mass is 302 g/mol. The van der Waals surface area contributed by atoms with Gasteiger partial charge in [0.2, 0.25) is 5.95 Å². The molecule has 0 aromatic carbocycles. The number of carboxylic acids is 1. The number of hydrogen-bond acceptors (Lipinski definition) is 6. The first kappa shape index (κ1) is 13.8. The standard InChI is InChI=1S/C14H14N4O2S/c1-8-3-4-10-12-9(7-21-13(10)16-8)5-15-14(17-12)18(2)6-11(19)20/h3-5H,6-7H2,1-2H3,(H,19,20). The first-order valence-corrected chi connectivity index (χ1v) is 7.43. The molecule has 2 aromatic heterocycles. The van der Waals surface area contributed by atoms with Gasteiger partial charge in [0.05, 0.1) is 5.69 Å². The zero-order valence-corrected chi connectivity index (χ0v) is 12.5. The van der Waals surface area contributed by atoms with E-state index in [2.05, 4.69) is 15.0 Å². The molecule has 0 atom stereocenters. The summed E-state index contributed by atoms with van der Waals surface area (Å²) < 4.78 is 0. The highest BCUT2D eigenvalue weighted by atomic mass is 32.2. The van der Waals surface area contributed by atoms with Crippen LogP contribution in [0, 0.1) is 6.92 Å². The van der Waals surface area contributed by atoms with Crippen molar-refractivity contribution in [1.82, 2.24) is 15.0 Å². The fraction of sp³-hybridized carbons (Fsp3) is 0.286. The van der Waals surface area contributed by atoms with Gasteiger partial charge in [-0.15, -0.1) is 11.8 Å². The third-order valence-electron chi connectivity index (χ3n) is 3.18. The number of anilines is 1. The van der Waals surface area contributed by atoms with Crippen LogP contribution in [-0.4, -0.2) is 39.6 Å². The number of carboxylic acid groups (broad SMARTS) is 1.